The molecule has 7 heteroatoms. The van der Waals surface area contributed by atoms with Crippen molar-refractivity contribution in [2.45, 2.75) is 43.9 Å². The second-order valence-electron chi connectivity index (χ2n) is 7.29. The van der Waals surface area contributed by atoms with Crippen molar-refractivity contribution in [1.82, 2.24) is 14.2 Å². The van der Waals surface area contributed by atoms with E-state index < -0.39 is 15.4 Å². The molecule has 1 aromatic rings. The maximum absolute atomic E-state index is 13.0. The van der Waals surface area contributed by atoms with E-state index in [-0.39, 0.29) is 11.2 Å². The fraction of sp³-hybridized carbons (Fsp3) is 0.647. The number of hydrogen-bond acceptors (Lipinski definition) is 4. The van der Waals surface area contributed by atoms with Crippen molar-refractivity contribution in [1.29, 1.82) is 0 Å². The molecule has 0 aromatic carbocycles. The molecule has 1 aliphatic carbocycles. The lowest BCUT2D eigenvalue weighted by atomic mass is 9.79. The molecular formula is C17H23N3O3S. The molecule has 3 aliphatic rings. The number of nitrogens with zero attached hydrogens (tertiary/aromatic N) is 3. The van der Waals surface area contributed by atoms with E-state index in [1.165, 1.54) is 0 Å². The summed E-state index contributed by atoms with van der Waals surface area (Å²) in [6.07, 6.45) is 7.35. The summed E-state index contributed by atoms with van der Waals surface area (Å²) in [7, 11) is -3.20. The minimum atomic E-state index is -3.20. The number of sulfonamides is 1. The van der Waals surface area contributed by atoms with E-state index in [9.17, 15) is 13.2 Å². The zero-order valence-electron chi connectivity index (χ0n) is 13.7. The van der Waals surface area contributed by atoms with Crippen LogP contribution in [-0.4, -0.2) is 53.4 Å². The van der Waals surface area contributed by atoms with Crippen LogP contribution in [0.25, 0.3) is 0 Å². The van der Waals surface area contributed by atoms with Gasteiger partial charge in [0.1, 0.15) is 0 Å². The van der Waals surface area contributed by atoms with Crippen LogP contribution in [0.2, 0.25) is 0 Å². The summed E-state index contributed by atoms with van der Waals surface area (Å²) in [5.74, 6) is 0.120. The number of piperidine rings is 1. The molecule has 24 heavy (non-hydrogen) atoms. The van der Waals surface area contributed by atoms with Crippen molar-refractivity contribution >= 4 is 15.9 Å². The monoisotopic (exact) mass is 349 g/mol. The summed E-state index contributed by atoms with van der Waals surface area (Å²) in [6.45, 7) is 2.23. The van der Waals surface area contributed by atoms with Crippen LogP contribution in [0, 0.1) is 5.41 Å². The predicted molar refractivity (Wildman–Crippen MR) is 89.5 cm³/mol. The Morgan fingerprint density at radius 3 is 2.62 bits per heavy atom. The zero-order chi connectivity index (χ0) is 16.8. The average molecular weight is 349 g/mol. The topological polar surface area (TPSA) is 70.6 Å². The molecule has 4 rings (SSSR count). The Labute approximate surface area is 142 Å². The lowest BCUT2D eigenvalue weighted by Gasteiger charge is -2.38. The number of pyridine rings is 1. The van der Waals surface area contributed by atoms with Gasteiger partial charge >= 0.3 is 0 Å². The second kappa shape index (κ2) is 5.81. The van der Waals surface area contributed by atoms with E-state index in [1.54, 1.807) is 16.7 Å². The smallest absolute Gasteiger partial charge is 0.230 e. The van der Waals surface area contributed by atoms with Crippen molar-refractivity contribution in [2.24, 2.45) is 5.41 Å². The summed E-state index contributed by atoms with van der Waals surface area (Å²) in [5, 5.41) is -0.197. The molecular weight excluding hydrogens is 326 g/mol. The fourth-order valence-electron chi connectivity index (χ4n) is 4.01. The van der Waals surface area contributed by atoms with E-state index in [2.05, 4.69) is 4.98 Å². The summed E-state index contributed by atoms with van der Waals surface area (Å²) in [6, 6.07) is 3.84. The van der Waals surface area contributed by atoms with Crippen LogP contribution in [-0.2, 0) is 21.4 Å². The van der Waals surface area contributed by atoms with Gasteiger partial charge < -0.3 is 4.90 Å². The Kier molecular flexibility index (Phi) is 3.88. The van der Waals surface area contributed by atoms with Gasteiger partial charge in [-0.25, -0.2) is 12.7 Å². The Morgan fingerprint density at radius 1 is 1.17 bits per heavy atom. The number of carbonyl (C=O) groups excluding carboxylic acids is 1. The van der Waals surface area contributed by atoms with Crippen LogP contribution >= 0.6 is 0 Å². The minimum absolute atomic E-state index is 0.120. The summed E-state index contributed by atoms with van der Waals surface area (Å²) in [5.41, 5.74) is 0.557. The highest BCUT2D eigenvalue weighted by Gasteiger charge is 2.52. The number of hydrogen-bond donors (Lipinski definition) is 0. The van der Waals surface area contributed by atoms with E-state index in [0.717, 1.165) is 37.7 Å². The third-order valence-electron chi connectivity index (χ3n) is 5.57. The third-order valence-corrected chi connectivity index (χ3v) is 7.92. The van der Waals surface area contributed by atoms with Gasteiger partial charge in [0.05, 0.1) is 10.7 Å². The van der Waals surface area contributed by atoms with Gasteiger partial charge in [-0.2, -0.15) is 0 Å². The fourth-order valence-corrected chi connectivity index (χ4v) is 5.98. The summed E-state index contributed by atoms with van der Waals surface area (Å²) < 4.78 is 26.7. The standard InChI is InChI=1S/C17H23N3O3S/c21-16-17(7-11-19(16)12-14-4-8-18-9-5-14)6-1-10-20(13-17)24(22,23)15-2-3-15/h4-5,8-9,15H,1-3,6-7,10-13H2/t17-/m1/s1. The lowest BCUT2D eigenvalue weighted by Crippen LogP contribution is -2.50. The largest absolute Gasteiger partial charge is 0.338 e. The number of likely N-dealkylation sites (tertiary alicyclic amines) is 1. The molecule has 0 radical (unpaired) electrons. The first-order valence-corrected chi connectivity index (χ1v) is 10.2. The third kappa shape index (κ3) is 2.73. The SMILES string of the molecule is O=C1N(Cc2ccncc2)CC[C@@]12CCCN(S(=O)(=O)C1CC1)C2. The van der Waals surface area contributed by atoms with E-state index >= 15 is 0 Å². The summed E-state index contributed by atoms with van der Waals surface area (Å²) in [4.78, 5) is 18.9. The van der Waals surface area contributed by atoms with Crippen LogP contribution in [0.1, 0.15) is 37.7 Å². The highest BCUT2D eigenvalue weighted by molar-refractivity contribution is 7.90. The highest BCUT2D eigenvalue weighted by Crippen LogP contribution is 2.43. The first-order chi connectivity index (χ1) is 11.5. The maximum Gasteiger partial charge on any atom is 0.230 e. The molecule has 1 aromatic heterocycles. The summed E-state index contributed by atoms with van der Waals surface area (Å²) >= 11 is 0. The Bertz CT molecular complexity index is 733. The Morgan fingerprint density at radius 2 is 1.92 bits per heavy atom. The molecule has 1 atom stereocenters. The Hall–Kier alpha value is -1.47. The van der Waals surface area contributed by atoms with Gasteiger partial charge in [0.2, 0.25) is 15.9 Å². The van der Waals surface area contributed by atoms with Crippen molar-refractivity contribution in [3.63, 3.8) is 0 Å². The Balaban J connectivity index is 1.50. The first kappa shape index (κ1) is 16.0. The number of aromatic nitrogens is 1. The van der Waals surface area contributed by atoms with Crippen LogP contribution < -0.4 is 0 Å². The van der Waals surface area contributed by atoms with Crippen LogP contribution in [0.5, 0.6) is 0 Å². The van der Waals surface area contributed by atoms with E-state index in [1.807, 2.05) is 17.0 Å². The lowest BCUT2D eigenvalue weighted by molar-refractivity contribution is -0.138. The molecule has 130 valence electrons. The van der Waals surface area contributed by atoms with Gasteiger partial charge in [-0.05, 0) is 49.8 Å². The van der Waals surface area contributed by atoms with E-state index in [4.69, 9.17) is 0 Å². The van der Waals surface area contributed by atoms with Crippen LogP contribution in [0.3, 0.4) is 0 Å². The molecule has 6 nitrogen and oxygen atoms in total. The van der Waals surface area contributed by atoms with Gasteiger partial charge in [0.15, 0.2) is 0 Å². The van der Waals surface area contributed by atoms with Crippen LogP contribution in [0.4, 0.5) is 0 Å². The van der Waals surface area contributed by atoms with Gasteiger partial charge in [-0.3, -0.25) is 9.78 Å². The molecule has 3 heterocycles. The van der Waals surface area contributed by atoms with E-state index in [0.29, 0.717) is 26.2 Å². The van der Waals surface area contributed by atoms with Gasteiger partial charge in [-0.1, -0.05) is 0 Å². The molecule has 2 aliphatic heterocycles. The van der Waals surface area contributed by atoms with Crippen molar-refractivity contribution in [3.8, 4) is 0 Å². The number of rotatable bonds is 4. The normalized spacial score (nSPS) is 28.7. The molecule has 0 N–H and O–H groups in total. The molecule has 1 spiro atoms. The first-order valence-electron chi connectivity index (χ1n) is 8.69. The molecule has 1 saturated carbocycles. The highest BCUT2D eigenvalue weighted by atomic mass is 32.2. The van der Waals surface area contributed by atoms with Crippen LogP contribution in [0.15, 0.2) is 24.5 Å². The van der Waals surface area contributed by atoms with Gasteiger partial charge in [0.25, 0.3) is 0 Å². The predicted octanol–water partition coefficient (Wildman–Crippen LogP) is 1.39. The number of amides is 1. The number of carbonyl (C=O) groups is 1. The van der Waals surface area contributed by atoms with Gasteiger partial charge in [0, 0.05) is 38.6 Å². The average Bonchev–Trinajstić information content (AvgIpc) is 3.41. The minimum Gasteiger partial charge on any atom is -0.338 e. The second-order valence-corrected chi connectivity index (χ2v) is 9.51. The molecule has 3 fully saturated rings. The van der Waals surface area contributed by atoms with Gasteiger partial charge in [-0.15, -0.1) is 0 Å². The van der Waals surface area contributed by atoms with Crippen molar-refractivity contribution in [2.75, 3.05) is 19.6 Å². The maximum atomic E-state index is 13.0. The van der Waals surface area contributed by atoms with Crippen molar-refractivity contribution < 1.29 is 13.2 Å². The van der Waals surface area contributed by atoms with Crippen molar-refractivity contribution in [3.05, 3.63) is 30.1 Å². The molecule has 0 unspecified atom stereocenters. The quantitative estimate of drug-likeness (QED) is 0.824. The zero-order valence-corrected chi connectivity index (χ0v) is 14.5. The molecule has 0 bridgehead atoms. The molecule has 2 saturated heterocycles. The molecule has 1 amide bonds.